The average molecular weight is 520 g/mol. The molecule has 8 nitrogen and oxygen atoms in total. The van der Waals surface area contributed by atoms with Crippen LogP contribution in [-0.4, -0.2) is 48.9 Å². The molecule has 0 atom stereocenters. The highest BCUT2D eigenvalue weighted by Crippen LogP contribution is 2.25. The predicted octanol–water partition coefficient (Wildman–Crippen LogP) is 3.24. The number of piperidine rings is 1. The van der Waals surface area contributed by atoms with E-state index >= 15 is 0 Å². The van der Waals surface area contributed by atoms with E-state index in [-0.39, 0.29) is 41.8 Å². The van der Waals surface area contributed by atoms with Crippen LogP contribution < -0.4 is 4.80 Å². The van der Waals surface area contributed by atoms with Gasteiger partial charge in [0.15, 0.2) is 4.80 Å². The number of sulfonamides is 1. The number of ether oxygens (including phenoxy) is 1. The summed E-state index contributed by atoms with van der Waals surface area (Å²) in [6.45, 7) is 4.07. The summed E-state index contributed by atoms with van der Waals surface area (Å²) < 4.78 is 48.1. The van der Waals surface area contributed by atoms with E-state index in [4.69, 9.17) is 4.74 Å². The predicted molar refractivity (Wildman–Crippen MR) is 130 cm³/mol. The lowest BCUT2D eigenvalue weighted by Gasteiger charge is -2.29. The Morgan fingerprint density at radius 3 is 2.49 bits per heavy atom. The number of amides is 1. The summed E-state index contributed by atoms with van der Waals surface area (Å²) in [6, 6.07) is 10.8. The topological polar surface area (TPSA) is 98.0 Å². The second kappa shape index (κ2) is 10.4. The number of fused-ring (bicyclic) bond motifs is 1. The quantitative estimate of drug-likeness (QED) is 0.466. The van der Waals surface area contributed by atoms with Crippen LogP contribution >= 0.6 is 11.3 Å². The molecular weight excluding hydrogens is 493 g/mol. The van der Waals surface area contributed by atoms with Gasteiger partial charge in [0.25, 0.3) is 5.91 Å². The molecule has 0 radical (unpaired) electrons. The molecule has 0 saturated carbocycles. The van der Waals surface area contributed by atoms with Crippen molar-refractivity contribution in [1.29, 1.82) is 0 Å². The molecule has 3 aromatic rings. The first-order valence-corrected chi connectivity index (χ1v) is 13.5. The molecule has 4 rings (SSSR count). The molecule has 2 heterocycles. The van der Waals surface area contributed by atoms with Gasteiger partial charge < -0.3 is 9.30 Å². The van der Waals surface area contributed by atoms with Crippen LogP contribution in [0.25, 0.3) is 10.2 Å². The molecule has 2 aromatic carbocycles. The van der Waals surface area contributed by atoms with E-state index in [2.05, 4.69) is 4.99 Å². The molecule has 0 N–H and O–H groups in total. The Bertz CT molecular complexity index is 1420. The van der Waals surface area contributed by atoms with Gasteiger partial charge in [-0.2, -0.15) is 9.30 Å². The van der Waals surface area contributed by atoms with Gasteiger partial charge in [-0.3, -0.25) is 9.59 Å². The molecule has 1 aromatic heterocycles. The van der Waals surface area contributed by atoms with Gasteiger partial charge in [0.1, 0.15) is 12.4 Å². The molecule has 0 unspecified atom stereocenters. The van der Waals surface area contributed by atoms with Crippen molar-refractivity contribution in [2.75, 3.05) is 19.7 Å². The van der Waals surface area contributed by atoms with Crippen LogP contribution in [0.2, 0.25) is 0 Å². The van der Waals surface area contributed by atoms with Crippen LogP contribution in [0.1, 0.15) is 25.3 Å². The smallest absolute Gasteiger partial charge is 0.326 e. The van der Waals surface area contributed by atoms with Crippen molar-refractivity contribution in [3.63, 3.8) is 0 Å². The van der Waals surface area contributed by atoms with E-state index in [1.54, 1.807) is 35.8 Å². The van der Waals surface area contributed by atoms with Crippen molar-refractivity contribution in [2.24, 2.45) is 10.9 Å². The summed E-state index contributed by atoms with van der Waals surface area (Å²) in [7, 11) is -3.63. The first-order valence-electron chi connectivity index (χ1n) is 11.3. The summed E-state index contributed by atoms with van der Waals surface area (Å²) in [5.74, 6) is -1.75. The molecule has 0 bridgehead atoms. The lowest BCUT2D eigenvalue weighted by molar-refractivity contribution is -0.143. The standard InChI is InChI=1S/C24H26FN3O5S2/c1-3-33-22(29)15-28-20-9-6-18(25)14-21(20)34-24(28)26-23(30)17-10-12-27(13-11-17)35(31,32)19-7-4-16(2)5-8-19/h4-9,14,17H,3,10-13,15H2,1-2H3. The zero-order valence-corrected chi connectivity index (χ0v) is 21.1. The SMILES string of the molecule is CCOC(=O)Cn1c(=NC(=O)C2CCN(S(=O)(=O)c3ccc(C)cc3)CC2)sc2cc(F)ccc21. The Balaban J connectivity index is 1.54. The van der Waals surface area contributed by atoms with Gasteiger partial charge in [0, 0.05) is 19.0 Å². The van der Waals surface area contributed by atoms with E-state index in [0.717, 1.165) is 16.9 Å². The minimum absolute atomic E-state index is 0.154. The van der Waals surface area contributed by atoms with Gasteiger partial charge in [-0.1, -0.05) is 29.0 Å². The molecule has 0 spiro atoms. The summed E-state index contributed by atoms with van der Waals surface area (Å²) in [6.07, 6.45) is 0.676. The zero-order valence-electron chi connectivity index (χ0n) is 19.4. The van der Waals surface area contributed by atoms with Crippen molar-refractivity contribution in [1.82, 2.24) is 8.87 Å². The third kappa shape index (κ3) is 5.52. The summed E-state index contributed by atoms with van der Waals surface area (Å²) >= 11 is 1.12. The molecule has 186 valence electrons. The van der Waals surface area contributed by atoms with E-state index in [9.17, 15) is 22.4 Å². The normalized spacial score (nSPS) is 16.0. The molecule has 0 aliphatic carbocycles. The van der Waals surface area contributed by atoms with Crippen LogP contribution in [-0.2, 0) is 30.9 Å². The highest BCUT2D eigenvalue weighted by Gasteiger charge is 2.32. The molecule has 1 saturated heterocycles. The van der Waals surface area contributed by atoms with Crippen LogP contribution in [0.4, 0.5) is 4.39 Å². The van der Waals surface area contributed by atoms with E-state index < -0.39 is 27.7 Å². The Morgan fingerprint density at radius 2 is 1.83 bits per heavy atom. The maximum Gasteiger partial charge on any atom is 0.326 e. The van der Waals surface area contributed by atoms with Gasteiger partial charge in [-0.25, -0.2) is 12.8 Å². The highest BCUT2D eigenvalue weighted by molar-refractivity contribution is 7.89. The van der Waals surface area contributed by atoms with Crippen molar-refractivity contribution in [2.45, 2.75) is 38.1 Å². The second-order valence-electron chi connectivity index (χ2n) is 8.33. The molecule has 1 fully saturated rings. The number of aryl methyl sites for hydroxylation is 1. The highest BCUT2D eigenvalue weighted by atomic mass is 32.2. The van der Waals surface area contributed by atoms with Gasteiger partial charge in [0.05, 0.1) is 21.7 Å². The van der Waals surface area contributed by atoms with Gasteiger partial charge >= 0.3 is 5.97 Å². The van der Waals surface area contributed by atoms with E-state index in [1.165, 1.54) is 22.5 Å². The number of aromatic nitrogens is 1. The number of carbonyl (C=O) groups is 2. The van der Waals surface area contributed by atoms with Crippen molar-refractivity contribution in [3.8, 4) is 0 Å². The van der Waals surface area contributed by atoms with E-state index in [1.807, 2.05) is 6.92 Å². The Kier molecular flexibility index (Phi) is 7.48. The first kappa shape index (κ1) is 25.2. The van der Waals surface area contributed by atoms with E-state index in [0.29, 0.717) is 23.1 Å². The maximum atomic E-state index is 13.7. The van der Waals surface area contributed by atoms with Gasteiger partial charge in [0.2, 0.25) is 10.0 Å². The fourth-order valence-electron chi connectivity index (χ4n) is 4.01. The van der Waals surface area contributed by atoms with Crippen LogP contribution in [0.5, 0.6) is 0 Å². The number of halogens is 1. The number of thiazole rings is 1. The third-order valence-electron chi connectivity index (χ3n) is 5.91. The van der Waals surface area contributed by atoms with Crippen LogP contribution in [0.15, 0.2) is 52.4 Å². The maximum absolute atomic E-state index is 13.7. The number of benzene rings is 2. The minimum atomic E-state index is -3.63. The van der Waals surface area contributed by atoms with Crippen molar-refractivity contribution in [3.05, 3.63) is 58.6 Å². The Morgan fingerprint density at radius 1 is 1.14 bits per heavy atom. The van der Waals surface area contributed by atoms with Crippen molar-refractivity contribution < 1.29 is 27.1 Å². The fourth-order valence-corrected chi connectivity index (χ4v) is 6.54. The fraction of sp³-hybridized carbons (Fsp3) is 0.375. The molecule has 1 aliphatic heterocycles. The number of nitrogens with zero attached hydrogens (tertiary/aromatic N) is 3. The van der Waals surface area contributed by atoms with Crippen molar-refractivity contribution >= 4 is 43.5 Å². The monoisotopic (exact) mass is 519 g/mol. The Hall–Kier alpha value is -2.89. The minimum Gasteiger partial charge on any atom is -0.465 e. The molecule has 11 heteroatoms. The molecule has 1 aliphatic rings. The third-order valence-corrected chi connectivity index (χ3v) is 8.86. The second-order valence-corrected chi connectivity index (χ2v) is 11.3. The molecule has 1 amide bonds. The summed E-state index contributed by atoms with van der Waals surface area (Å²) in [4.78, 5) is 29.9. The number of hydrogen-bond donors (Lipinski definition) is 0. The zero-order chi connectivity index (χ0) is 25.2. The van der Waals surface area contributed by atoms with Gasteiger partial charge in [-0.15, -0.1) is 0 Å². The molecular formula is C24H26FN3O5S2. The van der Waals surface area contributed by atoms with Crippen LogP contribution in [0, 0.1) is 18.7 Å². The summed E-state index contributed by atoms with van der Waals surface area (Å²) in [5, 5.41) is 0. The average Bonchev–Trinajstić information content (AvgIpc) is 3.15. The lowest BCUT2D eigenvalue weighted by Crippen LogP contribution is -2.40. The number of rotatable bonds is 6. The number of hydrogen-bond acceptors (Lipinski definition) is 6. The number of carbonyl (C=O) groups excluding carboxylic acids is 2. The van der Waals surface area contributed by atoms with Gasteiger partial charge in [-0.05, 0) is 57.0 Å². The first-order chi connectivity index (χ1) is 16.7. The number of esters is 1. The summed E-state index contributed by atoms with van der Waals surface area (Å²) in [5.41, 5.74) is 1.55. The molecule has 35 heavy (non-hydrogen) atoms. The lowest BCUT2D eigenvalue weighted by atomic mass is 9.98. The Labute approximate surface area is 206 Å². The largest absolute Gasteiger partial charge is 0.465 e. The van der Waals surface area contributed by atoms with Crippen LogP contribution in [0.3, 0.4) is 0 Å².